The van der Waals surface area contributed by atoms with Gasteiger partial charge in [-0.1, -0.05) is 6.07 Å². The Morgan fingerprint density at radius 1 is 1.12 bits per heavy atom. The predicted octanol–water partition coefficient (Wildman–Crippen LogP) is 1.71. The topological polar surface area (TPSA) is 81.6 Å². The first-order valence-electron chi connectivity index (χ1n) is 6.78. The van der Waals surface area contributed by atoms with Gasteiger partial charge in [-0.15, -0.1) is 0 Å². The lowest BCUT2D eigenvalue weighted by atomic mass is 10.1. The molecule has 1 aromatic heterocycles. The second-order valence-electron chi connectivity index (χ2n) is 4.63. The van der Waals surface area contributed by atoms with Gasteiger partial charge in [0.1, 0.15) is 5.69 Å². The molecular formula is C15H15F2N3O4. The van der Waals surface area contributed by atoms with Crippen molar-refractivity contribution >= 4 is 11.8 Å². The van der Waals surface area contributed by atoms with E-state index in [9.17, 15) is 18.4 Å². The van der Waals surface area contributed by atoms with Crippen LogP contribution in [0.25, 0.3) is 0 Å². The summed E-state index contributed by atoms with van der Waals surface area (Å²) in [5.41, 5.74) is 4.45. The number of halogens is 2. The summed E-state index contributed by atoms with van der Waals surface area (Å²) in [4.78, 5) is 24.1. The van der Waals surface area contributed by atoms with E-state index in [-0.39, 0.29) is 11.3 Å². The fourth-order valence-electron chi connectivity index (χ4n) is 2.01. The average molecular weight is 339 g/mol. The van der Waals surface area contributed by atoms with Gasteiger partial charge in [-0.3, -0.25) is 20.4 Å². The fraction of sp³-hybridized carbons (Fsp3) is 0.200. The number of alkyl halides is 2. The molecule has 0 saturated carbocycles. The van der Waals surface area contributed by atoms with Crippen molar-refractivity contribution in [3.05, 3.63) is 47.8 Å². The summed E-state index contributed by atoms with van der Waals surface area (Å²) in [7, 11) is 2.92. The Balaban J connectivity index is 2.15. The number of hydrogen-bond donors (Lipinski definition) is 2. The van der Waals surface area contributed by atoms with E-state index in [2.05, 4.69) is 15.6 Å². The van der Waals surface area contributed by atoms with Crippen molar-refractivity contribution in [3.8, 4) is 11.5 Å². The first kappa shape index (κ1) is 17.3. The molecule has 0 bridgehead atoms. The predicted molar refractivity (Wildman–Crippen MR) is 80.0 cm³/mol. The lowest BCUT2D eigenvalue weighted by Gasteiger charge is -2.14. The second kappa shape index (κ2) is 7.44. The number of carbonyl (C=O) groups is 2. The molecule has 7 nitrogen and oxygen atoms in total. The molecule has 1 heterocycles. The Hall–Kier alpha value is -3.10. The number of aryl methyl sites for hydroxylation is 1. The van der Waals surface area contributed by atoms with Crippen LogP contribution in [-0.4, -0.2) is 30.1 Å². The second-order valence-corrected chi connectivity index (χ2v) is 4.63. The highest BCUT2D eigenvalue weighted by molar-refractivity contribution is 6.00. The molecule has 0 radical (unpaired) electrons. The van der Waals surface area contributed by atoms with Crippen molar-refractivity contribution in [2.45, 2.75) is 6.61 Å². The highest BCUT2D eigenvalue weighted by atomic mass is 19.3. The van der Waals surface area contributed by atoms with Crippen LogP contribution in [0.2, 0.25) is 0 Å². The third-order valence-electron chi connectivity index (χ3n) is 3.12. The van der Waals surface area contributed by atoms with Crippen molar-refractivity contribution in [3.63, 3.8) is 0 Å². The molecule has 128 valence electrons. The maximum absolute atomic E-state index is 12.5. The number of carbonyl (C=O) groups excluding carboxylic acids is 2. The van der Waals surface area contributed by atoms with Crippen LogP contribution in [0.1, 0.15) is 20.8 Å². The largest absolute Gasteiger partial charge is 0.493 e. The molecule has 2 N–H and O–H groups in total. The SMILES string of the molecule is COc1cccc(C(=O)NNC(=O)c2cccn2C)c1OC(F)F. The molecule has 0 aliphatic heterocycles. The van der Waals surface area contributed by atoms with E-state index in [1.807, 2.05) is 0 Å². The Bertz CT molecular complexity index is 746. The smallest absolute Gasteiger partial charge is 0.387 e. The van der Waals surface area contributed by atoms with Crippen LogP contribution in [0, 0.1) is 0 Å². The highest BCUT2D eigenvalue weighted by Crippen LogP contribution is 2.32. The number of nitrogens with zero attached hydrogens (tertiary/aromatic N) is 1. The van der Waals surface area contributed by atoms with E-state index in [4.69, 9.17) is 4.74 Å². The van der Waals surface area contributed by atoms with Crippen molar-refractivity contribution < 1.29 is 27.8 Å². The number of aromatic nitrogens is 1. The van der Waals surface area contributed by atoms with Gasteiger partial charge in [0.05, 0.1) is 12.7 Å². The van der Waals surface area contributed by atoms with Gasteiger partial charge in [0.25, 0.3) is 11.8 Å². The standard InChI is InChI=1S/C15H15F2N3O4/c1-20-8-4-6-10(20)14(22)19-18-13(21)9-5-3-7-11(23-2)12(9)24-15(16)17/h3-8,15H,1-2H3,(H,18,21)(H,19,22). The van der Waals surface area contributed by atoms with Crippen molar-refractivity contribution in [1.82, 2.24) is 15.4 Å². The zero-order chi connectivity index (χ0) is 17.7. The molecule has 0 atom stereocenters. The summed E-state index contributed by atoms with van der Waals surface area (Å²) < 4.78 is 35.9. The maximum Gasteiger partial charge on any atom is 0.387 e. The molecule has 1 aromatic carbocycles. The molecule has 2 aromatic rings. The number of benzene rings is 1. The van der Waals surface area contributed by atoms with Crippen LogP contribution in [0.3, 0.4) is 0 Å². The zero-order valence-corrected chi connectivity index (χ0v) is 12.9. The van der Waals surface area contributed by atoms with Gasteiger partial charge in [-0.2, -0.15) is 8.78 Å². The zero-order valence-electron chi connectivity index (χ0n) is 12.9. The van der Waals surface area contributed by atoms with Crippen LogP contribution in [0.15, 0.2) is 36.5 Å². The van der Waals surface area contributed by atoms with Crippen LogP contribution in [-0.2, 0) is 7.05 Å². The van der Waals surface area contributed by atoms with Crippen molar-refractivity contribution in [1.29, 1.82) is 0 Å². The van der Waals surface area contributed by atoms with Crippen LogP contribution >= 0.6 is 0 Å². The van der Waals surface area contributed by atoms with Gasteiger partial charge in [-0.25, -0.2) is 0 Å². The van der Waals surface area contributed by atoms with E-state index in [1.54, 1.807) is 29.9 Å². The van der Waals surface area contributed by atoms with E-state index >= 15 is 0 Å². The normalized spacial score (nSPS) is 10.4. The van der Waals surface area contributed by atoms with E-state index in [0.717, 1.165) is 0 Å². The van der Waals surface area contributed by atoms with Crippen LogP contribution in [0.5, 0.6) is 11.5 Å². The Morgan fingerprint density at radius 2 is 1.83 bits per heavy atom. The summed E-state index contributed by atoms with van der Waals surface area (Å²) in [6, 6.07) is 7.29. The van der Waals surface area contributed by atoms with Gasteiger partial charge in [0, 0.05) is 13.2 Å². The third kappa shape index (κ3) is 3.80. The highest BCUT2D eigenvalue weighted by Gasteiger charge is 2.21. The summed E-state index contributed by atoms with van der Waals surface area (Å²) >= 11 is 0. The maximum atomic E-state index is 12.5. The number of hydrogen-bond acceptors (Lipinski definition) is 4. The molecule has 0 fully saturated rings. The number of nitrogens with one attached hydrogen (secondary N) is 2. The molecule has 9 heteroatoms. The van der Waals surface area contributed by atoms with Crippen LogP contribution in [0.4, 0.5) is 8.78 Å². The van der Waals surface area contributed by atoms with Gasteiger partial charge in [0.15, 0.2) is 11.5 Å². The third-order valence-corrected chi connectivity index (χ3v) is 3.12. The summed E-state index contributed by atoms with van der Waals surface area (Å²) in [5, 5.41) is 0. The summed E-state index contributed by atoms with van der Waals surface area (Å²) in [6.07, 6.45) is 1.66. The van der Waals surface area contributed by atoms with Crippen LogP contribution < -0.4 is 20.3 Å². The average Bonchev–Trinajstić information content (AvgIpc) is 2.98. The number of methoxy groups -OCH3 is 1. The molecule has 0 aliphatic rings. The summed E-state index contributed by atoms with van der Waals surface area (Å²) in [6.45, 7) is -3.13. The number of para-hydroxylation sites is 1. The number of ether oxygens (including phenoxy) is 2. The fourth-order valence-corrected chi connectivity index (χ4v) is 2.01. The Kier molecular flexibility index (Phi) is 5.35. The minimum absolute atomic E-state index is 0.0308. The Labute approximate surface area is 136 Å². The van der Waals surface area contributed by atoms with E-state index in [0.29, 0.717) is 5.69 Å². The van der Waals surface area contributed by atoms with Crippen molar-refractivity contribution in [2.75, 3.05) is 7.11 Å². The minimum Gasteiger partial charge on any atom is -0.493 e. The van der Waals surface area contributed by atoms with E-state index < -0.39 is 24.2 Å². The van der Waals surface area contributed by atoms with Gasteiger partial charge in [0.2, 0.25) is 0 Å². The van der Waals surface area contributed by atoms with Crippen molar-refractivity contribution in [2.24, 2.45) is 7.05 Å². The first-order valence-corrected chi connectivity index (χ1v) is 6.78. The Morgan fingerprint density at radius 3 is 2.42 bits per heavy atom. The quantitative estimate of drug-likeness (QED) is 0.813. The molecule has 0 spiro atoms. The number of hydrazine groups is 1. The first-order chi connectivity index (χ1) is 11.4. The number of amides is 2. The van der Waals surface area contributed by atoms with E-state index in [1.165, 1.54) is 25.3 Å². The van der Waals surface area contributed by atoms with Gasteiger partial charge < -0.3 is 14.0 Å². The van der Waals surface area contributed by atoms with Gasteiger partial charge in [-0.05, 0) is 24.3 Å². The molecule has 0 aliphatic carbocycles. The lowest BCUT2D eigenvalue weighted by Crippen LogP contribution is -2.42. The molecule has 0 saturated heterocycles. The molecular weight excluding hydrogens is 324 g/mol. The minimum atomic E-state index is -3.13. The number of rotatable bonds is 5. The molecule has 24 heavy (non-hydrogen) atoms. The molecule has 2 rings (SSSR count). The monoisotopic (exact) mass is 339 g/mol. The lowest BCUT2D eigenvalue weighted by molar-refractivity contribution is -0.0515. The summed E-state index contributed by atoms with van der Waals surface area (Å²) in [5.74, 6) is -1.83. The molecule has 0 unspecified atom stereocenters. The molecule has 2 amide bonds. The van der Waals surface area contributed by atoms with Gasteiger partial charge >= 0.3 is 6.61 Å².